The summed E-state index contributed by atoms with van der Waals surface area (Å²) in [5.41, 5.74) is 1.13. The first-order valence-corrected chi connectivity index (χ1v) is 4.30. The van der Waals surface area contributed by atoms with Gasteiger partial charge in [0.25, 0.3) is 6.43 Å². The molecule has 2 aromatic rings. The van der Waals surface area contributed by atoms with Crippen molar-refractivity contribution in [1.82, 2.24) is 20.0 Å². The third kappa shape index (κ3) is 1.98. The molecule has 0 aliphatic heterocycles. The summed E-state index contributed by atoms with van der Waals surface area (Å²) in [6, 6.07) is 2.81. The van der Waals surface area contributed by atoms with Crippen molar-refractivity contribution in [1.29, 1.82) is 0 Å². The molecule has 0 saturated carbocycles. The molecule has 0 amide bonds. The van der Waals surface area contributed by atoms with E-state index in [0.29, 0.717) is 5.69 Å². The van der Waals surface area contributed by atoms with E-state index >= 15 is 0 Å². The van der Waals surface area contributed by atoms with Gasteiger partial charge in [-0.2, -0.15) is 0 Å². The normalized spacial score (nSPS) is 10.9. The number of nitrogens with zero attached hydrogens (tertiary/aromatic N) is 4. The van der Waals surface area contributed by atoms with Crippen LogP contribution in [0.25, 0.3) is 5.69 Å². The second-order valence-electron chi connectivity index (χ2n) is 3.05. The molecule has 0 spiro atoms. The van der Waals surface area contributed by atoms with Crippen molar-refractivity contribution in [2.45, 2.75) is 13.3 Å². The lowest BCUT2D eigenvalue weighted by atomic mass is 10.3. The Labute approximate surface area is 84.6 Å². The van der Waals surface area contributed by atoms with E-state index < -0.39 is 6.43 Å². The number of alkyl halides is 2. The molecule has 0 saturated heterocycles. The van der Waals surface area contributed by atoms with E-state index in [1.54, 1.807) is 13.1 Å². The van der Waals surface area contributed by atoms with Gasteiger partial charge in [0, 0.05) is 0 Å². The third-order valence-corrected chi connectivity index (χ3v) is 1.87. The molecule has 15 heavy (non-hydrogen) atoms. The van der Waals surface area contributed by atoms with Crippen LogP contribution in [0.2, 0.25) is 0 Å². The molecule has 0 radical (unpaired) electrons. The molecule has 0 aliphatic rings. The van der Waals surface area contributed by atoms with Crippen LogP contribution in [0.3, 0.4) is 0 Å². The highest BCUT2D eigenvalue weighted by Gasteiger charge is 2.08. The summed E-state index contributed by atoms with van der Waals surface area (Å²) in [4.78, 5) is 3.63. The maximum absolute atomic E-state index is 12.2. The Morgan fingerprint density at radius 2 is 2.13 bits per heavy atom. The Morgan fingerprint density at radius 3 is 2.60 bits per heavy atom. The van der Waals surface area contributed by atoms with Crippen LogP contribution < -0.4 is 0 Å². The minimum absolute atomic E-state index is 0.240. The quantitative estimate of drug-likeness (QED) is 0.760. The number of rotatable bonds is 2. The number of hydrogen-bond donors (Lipinski definition) is 0. The fraction of sp³-hybridized carbons (Fsp3) is 0.222. The number of pyridine rings is 1. The summed E-state index contributed by atoms with van der Waals surface area (Å²) >= 11 is 0. The molecule has 2 aromatic heterocycles. The van der Waals surface area contributed by atoms with E-state index in [2.05, 4.69) is 15.3 Å². The fourth-order valence-corrected chi connectivity index (χ4v) is 1.14. The van der Waals surface area contributed by atoms with Crippen LogP contribution in [0.5, 0.6) is 0 Å². The molecule has 0 atom stereocenters. The predicted octanol–water partition coefficient (Wildman–Crippen LogP) is 1.91. The van der Waals surface area contributed by atoms with Crippen LogP contribution in [0, 0.1) is 6.92 Å². The largest absolute Gasteiger partial charge is 0.280 e. The molecule has 4 nitrogen and oxygen atoms in total. The van der Waals surface area contributed by atoms with Crippen LogP contribution in [0.15, 0.2) is 24.5 Å². The molecule has 78 valence electrons. The molecule has 6 heteroatoms. The minimum atomic E-state index is -2.54. The van der Waals surface area contributed by atoms with Gasteiger partial charge in [0.15, 0.2) is 0 Å². The first-order valence-electron chi connectivity index (χ1n) is 4.30. The van der Waals surface area contributed by atoms with Gasteiger partial charge >= 0.3 is 0 Å². The number of aromatic nitrogens is 4. The predicted molar refractivity (Wildman–Crippen MR) is 48.8 cm³/mol. The molecule has 0 aliphatic carbocycles. The Hall–Kier alpha value is -1.85. The maximum atomic E-state index is 12.2. The van der Waals surface area contributed by atoms with Gasteiger partial charge in [0.2, 0.25) is 0 Å². The van der Waals surface area contributed by atoms with Gasteiger partial charge in [-0.25, -0.2) is 13.5 Å². The zero-order valence-corrected chi connectivity index (χ0v) is 7.93. The highest BCUT2D eigenvalue weighted by molar-refractivity contribution is 5.28. The van der Waals surface area contributed by atoms with Gasteiger partial charge in [-0.3, -0.25) is 4.98 Å². The van der Waals surface area contributed by atoms with Crippen molar-refractivity contribution in [2.24, 2.45) is 0 Å². The zero-order chi connectivity index (χ0) is 10.8. The molecule has 0 N–H and O–H groups in total. The molecular formula is C9H8F2N4. The number of aryl methyl sites for hydroxylation is 1. The second kappa shape index (κ2) is 3.72. The van der Waals surface area contributed by atoms with Crippen LogP contribution >= 0.6 is 0 Å². The Bertz CT molecular complexity index is 449. The molecule has 0 aromatic carbocycles. The number of hydrogen-bond acceptors (Lipinski definition) is 3. The summed E-state index contributed by atoms with van der Waals surface area (Å²) in [6.07, 6.45) is 0.492. The summed E-state index contributed by atoms with van der Waals surface area (Å²) < 4.78 is 25.9. The highest BCUT2D eigenvalue weighted by Crippen LogP contribution is 2.16. The standard InChI is InChI=1S/C9H8F2N4/c1-6-5-15(14-13-6)7-2-3-8(9(10)11)12-4-7/h2-5,9H,1H3. The van der Waals surface area contributed by atoms with Crippen LogP contribution in [-0.4, -0.2) is 20.0 Å². The average Bonchev–Trinajstić information content (AvgIpc) is 2.65. The molecule has 0 unspecified atom stereocenters. The maximum Gasteiger partial charge on any atom is 0.280 e. The first kappa shape index (κ1) is 9.70. The zero-order valence-electron chi connectivity index (χ0n) is 7.93. The summed E-state index contributed by atoms with van der Waals surface area (Å²) in [6.45, 7) is 1.80. The fourth-order valence-electron chi connectivity index (χ4n) is 1.14. The first-order chi connectivity index (χ1) is 7.16. The third-order valence-electron chi connectivity index (χ3n) is 1.87. The Balaban J connectivity index is 2.31. The smallest absolute Gasteiger partial charge is 0.253 e. The van der Waals surface area contributed by atoms with Crippen LogP contribution in [0.1, 0.15) is 17.8 Å². The summed E-state index contributed by atoms with van der Waals surface area (Å²) in [7, 11) is 0. The monoisotopic (exact) mass is 210 g/mol. The van der Waals surface area contributed by atoms with Gasteiger partial charge in [-0.05, 0) is 19.1 Å². The highest BCUT2D eigenvalue weighted by atomic mass is 19.3. The van der Waals surface area contributed by atoms with E-state index in [0.717, 1.165) is 5.69 Å². The lowest BCUT2D eigenvalue weighted by Gasteiger charge is -2.01. The van der Waals surface area contributed by atoms with Crippen molar-refractivity contribution < 1.29 is 8.78 Å². The van der Waals surface area contributed by atoms with E-state index in [9.17, 15) is 8.78 Å². The Kier molecular flexibility index (Phi) is 2.40. The van der Waals surface area contributed by atoms with Crippen molar-refractivity contribution in [3.05, 3.63) is 35.9 Å². The molecule has 2 heterocycles. The lowest BCUT2D eigenvalue weighted by molar-refractivity contribution is 0.146. The van der Waals surface area contributed by atoms with Crippen molar-refractivity contribution in [2.75, 3.05) is 0 Å². The van der Waals surface area contributed by atoms with Gasteiger partial charge in [0.1, 0.15) is 5.69 Å². The molecule has 2 rings (SSSR count). The van der Waals surface area contributed by atoms with E-state index in [1.807, 2.05) is 0 Å². The molecule has 0 bridgehead atoms. The second-order valence-corrected chi connectivity index (χ2v) is 3.05. The molecule has 0 fully saturated rings. The van der Waals surface area contributed by atoms with E-state index in [1.165, 1.54) is 23.0 Å². The number of halogens is 2. The topological polar surface area (TPSA) is 43.6 Å². The van der Waals surface area contributed by atoms with Gasteiger partial charge < -0.3 is 0 Å². The lowest BCUT2D eigenvalue weighted by Crippen LogP contribution is -1.97. The van der Waals surface area contributed by atoms with Crippen molar-refractivity contribution in [3.63, 3.8) is 0 Å². The van der Waals surface area contributed by atoms with Crippen molar-refractivity contribution >= 4 is 0 Å². The van der Waals surface area contributed by atoms with E-state index in [4.69, 9.17) is 0 Å². The summed E-state index contributed by atoms with van der Waals surface area (Å²) in [5, 5.41) is 7.59. The Morgan fingerprint density at radius 1 is 1.33 bits per heavy atom. The van der Waals surface area contributed by atoms with Crippen molar-refractivity contribution in [3.8, 4) is 5.69 Å². The molecular weight excluding hydrogens is 202 g/mol. The van der Waals surface area contributed by atoms with Crippen LogP contribution in [0.4, 0.5) is 8.78 Å². The van der Waals surface area contributed by atoms with Gasteiger partial charge in [-0.15, -0.1) is 5.10 Å². The van der Waals surface area contributed by atoms with Gasteiger partial charge in [0.05, 0.1) is 23.8 Å². The SMILES string of the molecule is Cc1cn(-c2ccc(C(F)F)nc2)nn1. The van der Waals surface area contributed by atoms with Crippen LogP contribution in [-0.2, 0) is 0 Å². The average molecular weight is 210 g/mol. The summed E-state index contributed by atoms with van der Waals surface area (Å²) in [5.74, 6) is 0. The van der Waals surface area contributed by atoms with E-state index in [-0.39, 0.29) is 5.69 Å². The van der Waals surface area contributed by atoms with Gasteiger partial charge in [-0.1, -0.05) is 5.21 Å². The minimum Gasteiger partial charge on any atom is -0.253 e.